The molecule has 1 atom stereocenters. The maximum absolute atomic E-state index is 12.7. The maximum Gasteiger partial charge on any atom is 0.264 e. The molecule has 1 saturated heterocycles. The van der Waals surface area contributed by atoms with Crippen LogP contribution >= 0.6 is 11.3 Å². The van der Waals surface area contributed by atoms with Gasteiger partial charge in [0.25, 0.3) is 5.91 Å². The van der Waals surface area contributed by atoms with Gasteiger partial charge in [-0.15, -0.1) is 17.9 Å². The van der Waals surface area contributed by atoms with Crippen LogP contribution in [0.3, 0.4) is 0 Å². The van der Waals surface area contributed by atoms with E-state index in [2.05, 4.69) is 16.8 Å². The molecule has 1 saturated carbocycles. The van der Waals surface area contributed by atoms with Crippen LogP contribution in [0.5, 0.6) is 0 Å². The molecule has 25 heavy (non-hydrogen) atoms. The first kappa shape index (κ1) is 18.1. The summed E-state index contributed by atoms with van der Waals surface area (Å²) in [4.78, 5) is 30.2. The molecule has 1 N–H and O–H groups in total. The number of rotatable bonds is 6. The lowest BCUT2D eigenvalue weighted by Crippen LogP contribution is -2.58. The Morgan fingerprint density at radius 3 is 2.60 bits per heavy atom. The van der Waals surface area contributed by atoms with Crippen LogP contribution in [0.15, 0.2) is 30.2 Å². The Morgan fingerprint density at radius 1 is 1.28 bits per heavy atom. The lowest BCUT2D eigenvalue weighted by atomic mass is 9.95. The topological polar surface area (TPSA) is 52.7 Å². The van der Waals surface area contributed by atoms with Gasteiger partial charge in [-0.05, 0) is 30.2 Å². The second kappa shape index (κ2) is 8.63. The number of thiophene rings is 1. The van der Waals surface area contributed by atoms with E-state index in [1.54, 1.807) is 6.08 Å². The Kier molecular flexibility index (Phi) is 6.26. The molecule has 1 unspecified atom stereocenters. The molecule has 0 bridgehead atoms. The summed E-state index contributed by atoms with van der Waals surface area (Å²) in [5.74, 6) is 0.664. The van der Waals surface area contributed by atoms with Crippen LogP contribution in [0.25, 0.3) is 0 Å². The number of nitrogens with one attached hydrogen (secondary N) is 1. The third kappa shape index (κ3) is 4.30. The fourth-order valence-electron chi connectivity index (χ4n) is 3.99. The van der Waals surface area contributed by atoms with E-state index in [0.29, 0.717) is 25.6 Å². The van der Waals surface area contributed by atoms with E-state index in [0.717, 1.165) is 30.8 Å². The van der Waals surface area contributed by atoms with Crippen LogP contribution in [-0.4, -0.2) is 60.4 Å². The number of piperazine rings is 1. The minimum atomic E-state index is -0.0681. The number of hydrogen-bond acceptors (Lipinski definition) is 4. The second-order valence-electron chi connectivity index (χ2n) is 6.83. The van der Waals surface area contributed by atoms with Gasteiger partial charge in [0.05, 0.1) is 10.9 Å². The van der Waals surface area contributed by atoms with Crippen LogP contribution in [0, 0.1) is 5.92 Å². The molecular weight excluding hydrogens is 334 g/mol. The Bertz CT molecular complexity index is 588. The van der Waals surface area contributed by atoms with Gasteiger partial charge in [0.15, 0.2) is 0 Å². The predicted octanol–water partition coefficient (Wildman–Crippen LogP) is 2.37. The van der Waals surface area contributed by atoms with Crippen molar-refractivity contribution in [3.05, 3.63) is 35.0 Å². The summed E-state index contributed by atoms with van der Waals surface area (Å²) in [6.07, 6.45) is 6.40. The smallest absolute Gasteiger partial charge is 0.264 e. The summed E-state index contributed by atoms with van der Waals surface area (Å²) in [5.41, 5.74) is 0. The Morgan fingerprint density at radius 2 is 2.00 bits per heavy atom. The molecule has 6 heteroatoms. The summed E-state index contributed by atoms with van der Waals surface area (Å²) < 4.78 is 0. The molecule has 2 amide bonds. The molecule has 0 radical (unpaired) electrons. The zero-order chi connectivity index (χ0) is 17.6. The van der Waals surface area contributed by atoms with Gasteiger partial charge in [-0.25, -0.2) is 0 Å². The van der Waals surface area contributed by atoms with Crippen LogP contribution in [0.2, 0.25) is 0 Å². The standard InChI is InChI=1S/C19H27N3O2S/c1-2-9-20-18(23)17(15-6-3-4-7-15)21-10-12-22(13-11-21)19(24)16-8-5-14-25-16/h2,5,8,14-15,17H,1,3-4,6-7,9-13H2,(H,20,23). The average Bonchev–Trinajstić information content (AvgIpc) is 3.34. The Balaban J connectivity index is 1.62. The first-order valence-corrected chi connectivity index (χ1v) is 10.0. The molecule has 5 nitrogen and oxygen atoms in total. The summed E-state index contributed by atoms with van der Waals surface area (Å²) in [6, 6.07) is 3.72. The molecule has 0 spiro atoms. The van der Waals surface area contributed by atoms with E-state index >= 15 is 0 Å². The zero-order valence-corrected chi connectivity index (χ0v) is 15.5. The van der Waals surface area contributed by atoms with Gasteiger partial charge in [-0.2, -0.15) is 0 Å². The third-order valence-corrected chi connectivity index (χ3v) is 6.12. The molecule has 136 valence electrons. The van der Waals surface area contributed by atoms with Gasteiger partial charge in [0.1, 0.15) is 0 Å². The first-order valence-electron chi connectivity index (χ1n) is 9.16. The minimum absolute atomic E-state index is 0.0681. The zero-order valence-electron chi connectivity index (χ0n) is 14.7. The molecule has 3 rings (SSSR count). The van der Waals surface area contributed by atoms with E-state index in [9.17, 15) is 9.59 Å². The summed E-state index contributed by atoms with van der Waals surface area (Å²) in [6.45, 7) is 7.10. The van der Waals surface area contributed by atoms with Gasteiger partial charge in [0, 0.05) is 32.7 Å². The van der Waals surface area contributed by atoms with E-state index in [1.807, 2.05) is 22.4 Å². The van der Waals surface area contributed by atoms with E-state index < -0.39 is 0 Å². The monoisotopic (exact) mass is 361 g/mol. The first-order chi connectivity index (χ1) is 12.2. The van der Waals surface area contributed by atoms with Crippen LogP contribution in [-0.2, 0) is 4.79 Å². The van der Waals surface area contributed by atoms with E-state index in [-0.39, 0.29) is 17.9 Å². The van der Waals surface area contributed by atoms with Gasteiger partial charge in [-0.1, -0.05) is 25.0 Å². The van der Waals surface area contributed by atoms with Crippen molar-refractivity contribution in [2.24, 2.45) is 5.92 Å². The van der Waals surface area contributed by atoms with Crippen molar-refractivity contribution in [1.29, 1.82) is 0 Å². The summed E-state index contributed by atoms with van der Waals surface area (Å²) >= 11 is 1.49. The van der Waals surface area contributed by atoms with Crippen molar-refractivity contribution in [2.45, 2.75) is 31.7 Å². The molecule has 0 aromatic carbocycles. The molecule has 2 heterocycles. The van der Waals surface area contributed by atoms with E-state index in [4.69, 9.17) is 0 Å². The summed E-state index contributed by atoms with van der Waals surface area (Å²) in [5, 5.41) is 4.92. The van der Waals surface area contributed by atoms with Crippen molar-refractivity contribution in [1.82, 2.24) is 15.1 Å². The van der Waals surface area contributed by atoms with Gasteiger partial charge >= 0.3 is 0 Å². The van der Waals surface area contributed by atoms with Crippen molar-refractivity contribution < 1.29 is 9.59 Å². The Hall–Kier alpha value is -1.66. The fourth-order valence-corrected chi connectivity index (χ4v) is 4.68. The minimum Gasteiger partial charge on any atom is -0.351 e. The highest BCUT2D eigenvalue weighted by Crippen LogP contribution is 2.31. The number of amides is 2. The molecule has 2 fully saturated rings. The van der Waals surface area contributed by atoms with E-state index in [1.165, 1.54) is 24.2 Å². The summed E-state index contributed by atoms with van der Waals surface area (Å²) in [7, 11) is 0. The number of hydrogen-bond donors (Lipinski definition) is 1. The van der Waals surface area contributed by atoms with Crippen molar-refractivity contribution >= 4 is 23.2 Å². The highest BCUT2D eigenvalue weighted by Gasteiger charge is 2.37. The van der Waals surface area contributed by atoms with Crippen LogP contribution < -0.4 is 5.32 Å². The van der Waals surface area contributed by atoms with Gasteiger partial charge < -0.3 is 10.2 Å². The number of carbonyl (C=O) groups is 2. The second-order valence-corrected chi connectivity index (χ2v) is 7.78. The van der Waals surface area contributed by atoms with Crippen molar-refractivity contribution in [3.63, 3.8) is 0 Å². The van der Waals surface area contributed by atoms with Crippen LogP contribution in [0.1, 0.15) is 35.4 Å². The maximum atomic E-state index is 12.7. The average molecular weight is 362 g/mol. The van der Waals surface area contributed by atoms with Gasteiger partial charge in [-0.3, -0.25) is 14.5 Å². The van der Waals surface area contributed by atoms with Gasteiger partial charge in [0.2, 0.25) is 5.91 Å². The predicted molar refractivity (Wildman–Crippen MR) is 101 cm³/mol. The lowest BCUT2D eigenvalue weighted by molar-refractivity contribution is -0.129. The molecule has 1 aliphatic heterocycles. The highest BCUT2D eigenvalue weighted by molar-refractivity contribution is 7.12. The molecule has 2 aliphatic rings. The molecular formula is C19H27N3O2S. The highest BCUT2D eigenvalue weighted by atomic mass is 32.1. The molecule has 1 aromatic heterocycles. The normalized spacial score (nSPS) is 20.4. The van der Waals surface area contributed by atoms with Crippen molar-refractivity contribution in [3.8, 4) is 0 Å². The lowest BCUT2D eigenvalue weighted by Gasteiger charge is -2.40. The largest absolute Gasteiger partial charge is 0.351 e. The quantitative estimate of drug-likeness (QED) is 0.792. The fraction of sp³-hybridized carbons (Fsp3) is 0.579. The van der Waals surface area contributed by atoms with Crippen molar-refractivity contribution in [2.75, 3.05) is 32.7 Å². The SMILES string of the molecule is C=CCNC(=O)C(C1CCCC1)N1CCN(C(=O)c2cccs2)CC1. The molecule has 1 aromatic rings. The Labute approximate surface area is 153 Å². The number of carbonyl (C=O) groups excluding carboxylic acids is 2. The third-order valence-electron chi connectivity index (χ3n) is 5.26. The van der Waals surface area contributed by atoms with Crippen LogP contribution in [0.4, 0.5) is 0 Å². The molecule has 1 aliphatic carbocycles. The number of nitrogens with zero attached hydrogens (tertiary/aromatic N) is 2.